The topological polar surface area (TPSA) is 71.5 Å². The number of ether oxygens (including phenoxy) is 1. The van der Waals surface area contributed by atoms with Crippen molar-refractivity contribution in [2.24, 2.45) is 0 Å². The molecule has 1 aliphatic heterocycles. The Bertz CT molecular complexity index is 904. The summed E-state index contributed by atoms with van der Waals surface area (Å²) in [5, 5.41) is -0.0517. The molecular formula is C18H21BrClN3O3S. The summed E-state index contributed by atoms with van der Waals surface area (Å²) in [6, 6.07) is 9.48. The number of hydrogen-bond acceptors (Lipinski definition) is 5. The molecule has 1 fully saturated rings. The fraction of sp³-hybridized carbons (Fsp3) is 0.389. The predicted molar refractivity (Wildman–Crippen MR) is 108 cm³/mol. The van der Waals surface area contributed by atoms with Crippen LogP contribution in [0.1, 0.15) is 17.2 Å². The van der Waals surface area contributed by atoms with Gasteiger partial charge in [-0.2, -0.15) is 0 Å². The number of hydrogen-bond donors (Lipinski definition) is 1. The van der Waals surface area contributed by atoms with Gasteiger partial charge in [0.05, 0.1) is 13.2 Å². The Balaban J connectivity index is 1.84. The molecule has 1 aromatic heterocycles. The first kappa shape index (κ1) is 20.7. The van der Waals surface area contributed by atoms with E-state index in [1.54, 1.807) is 0 Å². The van der Waals surface area contributed by atoms with Crippen molar-refractivity contribution in [1.82, 2.24) is 14.6 Å². The number of pyridine rings is 1. The smallest absolute Gasteiger partial charge is 0.243 e. The van der Waals surface area contributed by atoms with Gasteiger partial charge in [-0.25, -0.2) is 18.1 Å². The third-order valence-electron chi connectivity index (χ3n) is 4.44. The van der Waals surface area contributed by atoms with Crippen LogP contribution < -0.4 is 4.72 Å². The zero-order valence-corrected chi connectivity index (χ0v) is 18.0. The van der Waals surface area contributed by atoms with Gasteiger partial charge in [-0.1, -0.05) is 41.4 Å². The number of morpholine rings is 1. The van der Waals surface area contributed by atoms with Gasteiger partial charge in [0.15, 0.2) is 0 Å². The summed E-state index contributed by atoms with van der Waals surface area (Å²) in [5.41, 5.74) is 2.20. The van der Waals surface area contributed by atoms with Crippen molar-refractivity contribution in [3.63, 3.8) is 0 Å². The van der Waals surface area contributed by atoms with Crippen molar-refractivity contribution >= 4 is 37.6 Å². The number of rotatable bonds is 6. The highest BCUT2D eigenvalue weighted by molar-refractivity contribution is 9.10. The van der Waals surface area contributed by atoms with Gasteiger partial charge in [0.25, 0.3) is 0 Å². The fourth-order valence-electron chi connectivity index (χ4n) is 3.08. The van der Waals surface area contributed by atoms with Crippen LogP contribution >= 0.6 is 27.5 Å². The Hall–Kier alpha value is -1.03. The quantitative estimate of drug-likeness (QED) is 0.651. The average molecular weight is 475 g/mol. The molecule has 0 aliphatic carbocycles. The molecule has 0 amide bonds. The maximum absolute atomic E-state index is 12.8. The van der Waals surface area contributed by atoms with Crippen molar-refractivity contribution in [2.75, 3.05) is 32.8 Å². The minimum Gasteiger partial charge on any atom is -0.379 e. The molecule has 1 N–H and O–H groups in total. The molecule has 0 radical (unpaired) electrons. The monoisotopic (exact) mass is 473 g/mol. The van der Waals surface area contributed by atoms with E-state index < -0.39 is 10.0 Å². The molecule has 1 aliphatic rings. The first-order valence-electron chi connectivity index (χ1n) is 8.56. The Labute approximate surface area is 173 Å². The van der Waals surface area contributed by atoms with E-state index in [0.717, 1.165) is 24.2 Å². The van der Waals surface area contributed by atoms with Crippen molar-refractivity contribution in [3.05, 3.63) is 57.3 Å². The standard InChI is InChI=1S/C18H21BrClN3O3S/c1-13-3-2-4-14(9-13)16(23-5-7-26-8-6-23)12-22-27(24,25)17-10-15(19)11-21-18(17)20/h2-4,9-11,16,22H,5-8,12H2,1H3. The van der Waals surface area contributed by atoms with E-state index in [9.17, 15) is 8.42 Å². The number of nitrogens with one attached hydrogen (secondary N) is 1. The van der Waals surface area contributed by atoms with E-state index >= 15 is 0 Å². The van der Waals surface area contributed by atoms with Crippen LogP contribution in [0.15, 0.2) is 45.9 Å². The predicted octanol–water partition coefficient (Wildman–Crippen LogP) is 3.16. The molecule has 0 spiro atoms. The largest absolute Gasteiger partial charge is 0.379 e. The lowest BCUT2D eigenvalue weighted by Crippen LogP contribution is -2.43. The van der Waals surface area contributed by atoms with Crippen molar-refractivity contribution < 1.29 is 13.2 Å². The lowest BCUT2D eigenvalue weighted by Gasteiger charge is -2.35. The third kappa shape index (κ3) is 5.28. The van der Waals surface area contributed by atoms with Gasteiger partial charge >= 0.3 is 0 Å². The molecule has 6 nitrogen and oxygen atoms in total. The van der Waals surface area contributed by atoms with Crippen molar-refractivity contribution in [2.45, 2.75) is 17.9 Å². The average Bonchev–Trinajstić information content (AvgIpc) is 2.65. The molecule has 1 saturated heterocycles. The van der Waals surface area contributed by atoms with Gasteiger partial charge in [0.1, 0.15) is 10.0 Å². The van der Waals surface area contributed by atoms with Gasteiger partial charge in [0, 0.05) is 36.3 Å². The summed E-state index contributed by atoms with van der Waals surface area (Å²) < 4.78 is 34.3. The number of nitrogens with zero attached hydrogens (tertiary/aromatic N) is 2. The van der Waals surface area contributed by atoms with Crippen LogP contribution in [-0.4, -0.2) is 51.1 Å². The minimum atomic E-state index is -3.80. The molecule has 0 saturated carbocycles. The van der Waals surface area contributed by atoms with Crippen LogP contribution in [0.4, 0.5) is 0 Å². The lowest BCUT2D eigenvalue weighted by molar-refractivity contribution is 0.0172. The number of sulfonamides is 1. The fourth-order valence-corrected chi connectivity index (χ4v) is 5.06. The van der Waals surface area contributed by atoms with Gasteiger partial charge in [0.2, 0.25) is 10.0 Å². The van der Waals surface area contributed by atoms with Crippen molar-refractivity contribution in [1.29, 1.82) is 0 Å². The number of aryl methyl sites for hydroxylation is 1. The summed E-state index contributed by atoms with van der Waals surface area (Å²) in [4.78, 5) is 6.10. The second kappa shape index (κ2) is 8.98. The Kier molecular flexibility index (Phi) is 6.88. The van der Waals surface area contributed by atoms with Crippen LogP contribution in [0, 0.1) is 6.92 Å². The Morgan fingerprint density at radius 1 is 1.33 bits per heavy atom. The number of aromatic nitrogens is 1. The highest BCUT2D eigenvalue weighted by Crippen LogP contribution is 2.25. The van der Waals surface area contributed by atoms with E-state index in [1.165, 1.54) is 12.3 Å². The molecule has 3 rings (SSSR count). The van der Waals surface area contributed by atoms with Crippen LogP contribution in [0.5, 0.6) is 0 Å². The minimum absolute atomic E-state index is 0.0384. The molecular weight excluding hydrogens is 454 g/mol. The molecule has 2 heterocycles. The van der Waals surface area contributed by atoms with E-state index in [-0.39, 0.29) is 22.6 Å². The third-order valence-corrected chi connectivity index (χ3v) is 6.73. The molecule has 0 bridgehead atoms. The maximum atomic E-state index is 12.8. The van der Waals surface area contributed by atoms with Crippen molar-refractivity contribution in [3.8, 4) is 0 Å². The van der Waals surface area contributed by atoms with Crippen LogP contribution in [-0.2, 0) is 14.8 Å². The summed E-state index contributed by atoms with van der Waals surface area (Å²) in [6.45, 7) is 5.03. The van der Waals surface area contributed by atoms with E-state index in [1.807, 2.05) is 25.1 Å². The molecule has 2 aromatic rings. The normalized spacial score (nSPS) is 17.0. The maximum Gasteiger partial charge on any atom is 0.243 e. The molecule has 27 heavy (non-hydrogen) atoms. The highest BCUT2D eigenvalue weighted by atomic mass is 79.9. The highest BCUT2D eigenvalue weighted by Gasteiger charge is 2.26. The molecule has 9 heteroatoms. The molecule has 146 valence electrons. The second-order valence-electron chi connectivity index (χ2n) is 6.37. The zero-order valence-electron chi connectivity index (χ0n) is 14.9. The summed E-state index contributed by atoms with van der Waals surface area (Å²) in [5.74, 6) is 0. The lowest BCUT2D eigenvalue weighted by atomic mass is 10.0. The second-order valence-corrected chi connectivity index (χ2v) is 9.38. The summed E-state index contributed by atoms with van der Waals surface area (Å²) in [7, 11) is -3.80. The van der Waals surface area contributed by atoms with E-state index in [2.05, 4.69) is 36.6 Å². The van der Waals surface area contributed by atoms with Crippen LogP contribution in [0.3, 0.4) is 0 Å². The molecule has 1 aromatic carbocycles. The molecule has 1 atom stereocenters. The molecule has 1 unspecified atom stereocenters. The first-order chi connectivity index (χ1) is 12.9. The van der Waals surface area contributed by atoms with Gasteiger partial charge in [-0.3, -0.25) is 4.90 Å². The summed E-state index contributed by atoms with van der Waals surface area (Å²) in [6.07, 6.45) is 1.46. The van der Waals surface area contributed by atoms with Gasteiger partial charge < -0.3 is 4.74 Å². The number of halogens is 2. The van der Waals surface area contributed by atoms with Gasteiger partial charge in [-0.15, -0.1) is 0 Å². The van der Waals surface area contributed by atoms with E-state index in [4.69, 9.17) is 16.3 Å². The van der Waals surface area contributed by atoms with Gasteiger partial charge in [-0.05, 0) is 34.5 Å². The Morgan fingerprint density at radius 2 is 2.07 bits per heavy atom. The van der Waals surface area contributed by atoms with E-state index in [0.29, 0.717) is 17.7 Å². The summed E-state index contributed by atoms with van der Waals surface area (Å²) >= 11 is 9.25. The first-order valence-corrected chi connectivity index (χ1v) is 11.2. The zero-order chi connectivity index (χ0) is 19.4. The van der Waals surface area contributed by atoms with Crippen LogP contribution in [0.2, 0.25) is 5.15 Å². The SMILES string of the molecule is Cc1cccc(C(CNS(=O)(=O)c2cc(Br)cnc2Cl)N2CCOCC2)c1. The van der Waals surface area contributed by atoms with Crippen LogP contribution in [0.25, 0.3) is 0 Å². The number of benzene rings is 1. The Morgan fingerprint density at radius 3 is 2.78 bits per heavy atom.